The number of carbonyl (C=O) groups is 1. The Balaban J connectivity index is 2.00. The molecule has 0 saturated heterocycles. The quantitative estimate of drug-likeness (QED) is 0.795. The van der Waals surface area contributed by atoms with Crippen LogP contribution in [0.1, 0.15) is 30.9 Å². The number of hydrogen-bond donors (Lipinski definition) is 1. The minimum atomic E-state index is -0.285. The summed E-state index contributed by atoms with van der Waals surface area (Å²) in [5.74, 6) is -0.464. The van der Waals surface area contributed by atoms with Crippen molar-refractivity contribution in [2.45, 2.75) is 32.4 Å². The van der Waals surface area contributed by atoms with Gasteiger partial charge in [-0.25, -0.2) is 0 Å². The van der Waals surface area contributed by atoms with Gasteiger partial charge < -0.3 is 10.1 Å². The van der Waals surface area contributed by atoms with Gasteiger partial charge in [-0.3, -0.25) is 4.79 Å². The minimum absolute atomic E-state index is 0.104. The Labute approximate surface area is 132 Å². The smallest absolute Gasteiger partial charge is 0.314 e. The number of ether oxygens (including phenoxy) is 1. The van der Waals surface area contributed by atoms with Crippen molar-refractivity contribution in [3.05, 3.63) is 71.8 Å². The zero-order chi connectivity index (χ0) is 15.8. The number of carbonyl (C=O) groups excluding carboxylic acids is 1. The number of esters is 1. The lowest BCUT2D eigenvalue weighted by Gasteiger charge is -2.19. The summed E-state index contributed by atoms with van der Waals surface area (Å²) in [7, 11) is 0. The fourth-order valence-electron chi connectivity index (χ4n) is 2.29. The normalized spacial score (nSPS) is 12.1. The zero-order valence-corrected chi connectivity index (χ0v) is 13.2. The summed E-state index contributed by atoms with van der Waals surface area (Å²) in [6.45, 7) is 5.04. The molecule has 0 aromatic heterocycles. The topological polar surface area (TPSA) is 38.3 Å². The van der Waals surface area contributed by atoms with E-state index < -0.39 is 0 Å². The standard InChI is InChI=1S/C19H23NO2/c1-15(2)22-19(21)18(17-11-7-4-8-12-17)14-20-13-16-9-5-3-6-10-16/h3-12,15,18,20H,13-14H2,1-2H3/t18-/m1/s1. The molecule has 0 fully saturated rings. The van der Waals surface area contributed by atoms with Gasteiger partial charge in [-0.15, -0.1) is 0 Å². The summed E-state index contributed by atoms with van der Waals surface area (Å²) in [5.41, 5.74) is 2.18. The van der Waals surface area contributed by atoms with E-state index >= 15 is 0 Å². The third-order valence-corrected chi connectivity index (χ3v) is 3.36. The fourth-order valence-corrected chi connectivity index (χ4v) is 2.29. The van der Waals surface area contributed by atoms with Gasteiger partial charge in [0.1, 0.15) is 0 Å². The van der Waals surface area contributed by atoms with Crippen molar-refractivity contribution in [1.82, 2.24) is 5.32 Å². The van der Waals surface area contributed by atoms with E-state index in [0.29, 0.717) is 6.54 Å². The molecule has 3 nitrogen and oxygen atoms in total. The molecule has 0 heterocycles. The van der Waals surface area contributed by atoms with Gasteiger partial charge in [-0.2, -0.15) is 0 Å². The molecule has 2 rings (SSSR count). The molecule has 0 aliphatic rings. The molecule has 3 heteroatoms. The summed E-state index contributed by atoms with van der Waals surface area (Å²) in [6, 6.07) is 19.9. The van der Waals surface area contributed by atoms with E-state index in [0.717, 1.165) is 12.1 Å². The second kappa shape index (κ2) is 8.35. The van der Waals surface area contributed by atoms with Crippen LogP contribution in [0.5, 0.6) is 0 Å². The average Bonchev–Trinajstić information content (AvgIpc) is 2.52. The first kappa shape index (κ1) is 16.2. The summed E-state index contributed by atoms with van der Waals surface area (Å²) >= 11 is 0. The lowest BCUT2D eigenvalue weighted by atomic mass is 9.99. The van der Waals surface area contributed by atoms with Crippen LogP contribution < -0.4 is 5.32 Å². The van der Waals surface area contributed by atoms with Gasteiger partial charge in [-0.05, 0) is 25.0 Å². The molecule has 0 aliphatic heterocycles. The molecule has 0 radical (unpaired) electrons. The van der Waals surface area contributed by atoms with Crippen molar-refractivity contribution in [2.24, 2.45) is 0 Å². The first-order valence-corrected chi connectivity index (χ1v) is 7.67. The van der Waals surface area contributed by atoms with Crippen LogP contribution in [0.25, 0.3) is 0 Å². The molecule has 116 valence electrons. The zero-order valence-electron chi connectivity index (χ0n) is 13.2. The molecule has 2 aromatic rings. The third-order valence-electron chi connectivity index (χ3n) is 3.36. The molecular formula is C19H23NO2. The van der Waals surface area contributed by atoms with E-state index in [4.69, 9.17) is 4.74 Å². The van der Waals surface area contributed by atoms with E-state index in [2.05, 4.69) is 17.4 Å². The lowest BCUT2D eigenvalue weighted by Crippen LogP contribution is -2.29. The lowest BCUT2D eigenvalue weighted by molar-refractivity contribution is -0.149. The van der Waals surface area contributed by atoms with Crippen molar-refractivity contribution >= 4 is 5.97 Å². The molecule has 0 amide bonds. The molecule has 0 spiro atoms. The number of hydrogen-bond acceptors (Lipinski definition) is 3. The van der Waals surface area contributed by atoms with E-state index in [9.17, 15) is 4.79 Å². The molecule has 1 N–H and O–H groups in total. The maximum absolute atomic E-state index is 12.3. The van der Waals surface area contributed by atoms with Crippen LogP contribution in [-0.2, 0) is 16.1 Å². The van der Waals surface area contributed by atoms with Gasteiger partial charge in [0.05, 0.1) is 12.0 Å². The predicted octanol–water partition coefficient (Wildman–Crippen LogP) is 3.51. The molecule has 0 saturated carbocycles. The molecule has 1 atom stereocenters. The van der Waals surface area contributed by atoms with Gasteiger partial charge in [0, 0.05) is 13.1 Å². The Kier molecular flexibility index (Phi) is 6.16. The Morgan fingerprint density at radius 2 is 1.59 bits per heavy atom. The molecule has 22 heavy (non-hydrogen) atoms. The highest BCUT2D eigenvalue weighted by Gasteiger charge is 2.22. The second-order valence-corrected chi connectivity index (χ2v) is 5.57. The van der Waals surface area contributed by atoms with Gasteiger partial charge in [0.15, 0.2) is 0 Å². The van der Waals surface area contributed by atoms with Gasteiger partial charge in [0.2, 0.25) is 0 Å². The number of nitrogens with one attached hydrogen (secondary N) is 1. The SMILES string of the molecule is CC(C)OC(=O)[C@H](CNCc1ccccc1)c1ccccc1. The monoisotopic (exact) mass is 297 g/mol. The maximum Gasteiger partial charge on any atom is 0.314 e. The maximum atomic E-state index is 12.3. The van der Waals surface area contributed by atoms with Crippen LogP contribution in [0.15, 0.2) is 60.7 Å². The predicted molar refractivity (Wildman–Crippen MR) is 88.6 cm³/mol. The van der Waals surface area contributed by atoms with E-state index in [1.807, 2.05) is 62.4 Å². The summed E-state index contributed by atoms with van der Waals surface area (Å²) in [6.07, 6.45) is -0.104. The Morgan fingerprint density at radius 3 is 2.18 bits per heavy atom. The van der Waals surface area contributed by atoms with Crippen molar-refractivity contribution in [3.63, 3.8) is 0 Å². The van der Waals surface area contributed by atoms with Gasteiger partial charge >= 0.3 is 5.97 Å². The van der Waals surface area contributed by atoms with Gasteiger partial charge in [-0.1, -0.05) is 60.7 Å². The highest BCUT2D eigenvalue weighted by molar-refractivity contribution is 5.78. The van der Waals surface area contributed by atoms with Crippen molar-refractivity contribution in [2.75, 3.05) is 6.54 Å². The van der Waals surface area contributed by atoms with Crippen LogP contribution in [0.4, 0.5) is 0 Å². The summed E-state index contributed by atoms with van der Waals surface area (Å²) in [5, 5.41) is 3.35. The van der Waals surface area contributed by atoms with E-state index in [-0.39, 0.29) is 18.0 Å². The fraction of sp³-hybridized carbons (Fsp3) is 0.316. The molecular weight excluding hydrogens is 274 g/mol. The second-order valence-electron chi connectivity index (χ2n) is 5.57. The van der Waals surface area contributed by atoms with Crippen molar-refractivity contribution in [3.8, 4) is 0 Å². The minimum Gasteiger partial charge on any atom is -0.462 e. The van der Waals surface area contributed by atoms with Crippen LogP contribution in [-0.4, -0.2) is 18.6 Å². The van der Waals surface area contributed by atoms with Crippen molar-refractivity contribution < 1.29 is 9.53 Å². The summed E-state index contributed by atoms with van der Waals surface area (Å²) < 4.78 is 5.39. The largest absolute Gasteiger partial charge is 0.462 e. The number of benzene rings is 2. The Morgan fingerprint density at radius 1 is 1.00 bits per heavy atom. The molecule has 0 bridgehead atoms. The molecule has 0 aliphatic carbocycles. The van der Waals surface area contributed by atoms with Crippen LogP contribution in [0.3, 0.4) is 0 Å². The number of rotatable bonds is 7. The average molecular weight is 297 g/mol. The molecule has 2 aromatic carbocycles. The van der Waals surface area contributed by atoms with E-state index in [1.54, 1.807) is 0 Å². The van der Waals surface area contributed by atoms with E-state index in [1.165, 1.54) is 5.56 Å². The van der Waals surface area contributed by atoms with Crippen LogP contribution in [0.2, 0.25) is 0 Å². The summed E-state index contributed by atoms with van der Waals surface area (Å²) in [4.78, 5) is 12.3. The van der Waals surface area contributed by atoms with Crippen molar-refractivity contribution in [1.29, 1.82) is 0 Å². The Bertz CT molecular complexity index is 567. The highest BCUT2D eigenvalue weighted by Crippen LogP contribution is 2.17. The Hall–Kier alpha value is -2.13. The first-order chi connectivity index (χ1) is 10.7. The van der Waals surface area contributed by atoms with Crippen LogP contribution >= 0.6 is 0 Å². The highest BCUT2D eigenvalue weighted by atomic mass is 16.5. The molecule has 0 unspecified atom stereocenters. The van der Waals surface area contributed by atoms with Crippen LogP contribution in [0, 0.1) is 0 Å². The third kappa shape index (κ3) is 5.01. The van der Waals surface area contributed by atoms with Gasteiger partial charge in [0.25, 0.3) is 0 Å². The first-order valence-electron chi connectivity index (χ1n) is 7.67.